The number of amides is 1. The van der Waals surface area contributed by atoms with Crippen molar-refractivity contribution >= 4 is 23.2 Å². The third-order valence-electron chi connectivity index (χ3n) is 3.42. The maximum absolute atomic E-state index is 12.2. The van der Waals surface area contributed by atoms with Crippen molar-refractivity contribution in [1.29, 1.82) is 0 Å². The Labute approximate surface area is 141 Å². The monoisotopic (exact) mass is 332 g/mol. The lowest BCUT2D eigenvalue weighted by molar-refractivity contribution is 0.102. The number of nitrogens with one attached hydrogen (secondary N) is 2. The minimum atomic E-state index is -0.166. The second-order valence-electron chi connectivity index (χ2n) is 5.58. The van der Waals surface area contributed by atoms with E-state index in [1.807, 2.05) is 31.2 Å². The van der Waals surface area contributed by atoms with Gasteiger partial charge in [-0.05, 0) is 47.9 Å². The van der Waals surface area contributed by atoms with Crippen LogP contribution >= 0.6 is 11.6 Å². The first-order valence-corrected chi connectivity index (χ1v) is 7.93. The first-order chi connectivity index (χ1) is 11.1. The molecule has 0 saturated heterocycles. The minimum absolute atomic E-state index is 0.166. The van der Waals surface area contributed by atoms with Crippen LogP contribution in [0.5, 0.6) is 0 Å². The van der Waals surface area contributed by atoms with Gasteiger partial charge in [0.1, 0.15) is 0 Å². The lowest BCUT2D eigenvalue weighted by Crippen LogP contribution is -2.22. The molecule has 0 aromatic heterocycles. The topological polar surface area (TPSA) is 61.4 Å². The number of halogens is 1. The van der Waals surface area contributed by atoms with E-state index in [0.29, 0.717) is 17.1 Å². The van der Waals surface area contributed by atoms with Crippen LogP contribution in [0.4, 0.5) is 5.69 Å². The molecular formula is C18H21ClN2O2. The first-order valence-electron chi connectivity index (χ1n) is 7.56. The summed E-state index contributed by atoms with van der Waals surface area (Å²) in [6, 6.07) is 14.5. The average Bonchev–Trinajstić information content (AvgIpc) is 2.55. The van der Waals surface area contributed by atoms with Gasteiger partial charge in [0.15, 0.2) is 0 Å². The summed E-state index contributed by atoms with van der Waals surface area (Å²) < 4.78 is 0. The highest BCUT2D eigenvalue weighted by Crippen LogP contribution is 2.14. The smallest absolute Gasteiger partial charge is 0.255 e. The van der Waals surface area contributed by atoms with Gasteiger partial charge in [0.2, 0.25) is 0 Å². The summed E-state index contributed by atoms with van der Waals surface area (Å²) in [5.74, 6) is 0.0588. The Kier molecular flexibility index (Phi) is 6.59. The van der Waals surface area contributed by atoms with E-state index < -0.39 is 0 Å². The Balaban J connectivity index is 1.94. The summed E-state index contributed by atoms with van der Waals surface area (Å²) in [7, 11) is 0. The number of hydrogen-bond acceptors (Lipinski definition) is 3. The fourth-order valence-electron chi connectivity index (χ4n) is 2.09. The molecule has 23 heavy (non-hydrogen) atoms. The lowest BCUT2D eigenvalue weighted by Gasteiger charge is -2.11. The molecular weight excluding hydrogens is 312 g/mol. The fraction of sp³-hybridized carbons (Fsp3) is 0.278. The van der Waals surface area contributed by atoms with Crippen LogP contribution in [0.3, 0.4) is 0 Å². The van der Waals surface area contributed by atoms with Crippen molar-refractivity contribution in [2.45, 2.75) is 13.5 Å². The van der Waals surface area contributed by atoms with Gasteiger partial charge in [-0.3, -0.25) is 4.79 Å². The molecule has 2 aromatic rings. The van der Waals surface area contributed by atoms with Crippen LogP contribution in [-0.2, 0) is 6.54 Å². The number of carbonyl (C=O) groups is 1. The largest absolute Gasteiger partial charge is 0.396 e. The van der Waals surface area contributed by atoms with Gasteiger partial charge in [0.25, 0.3) is 5.91 Å². The van der Waals surface area contributed by atoms with Crippen molar-refractivity contribution in [3.8, 4) is 0 Å². The van der Waals surface area contributed by atoms with E-state index in [1.54, 1.807) is 24.3 Å². The molecule has 0 saturated carbocycles. The van der Waals surface area contributed by atoms with Gasteiger partial charge in [-0.15, -0.1) is 0 Å². The molecule has 2 rings (SSSR count). The third kappa shape index (κ3) is 5.67. The van der Waals surface area contributed by atoms with Gasteiger partial charge in [-0.2, -0.15) is 0 Å². The van der Waals surface area contributed by atoms with Crippen molar-refractivity contribution in [2.24, 2.45) is 5.92 Å². The van der Waals surface area contributed by atoms with E-state index in [9.17, 15) is 4.79 Å². The summed E-state index contributed by atoms with van der Waals surface area (Å²) in [4.78, 5) is 12.2. The van der Waals surface area contributed by atoms with E-state index in [-0.39, 0.29) is 18.4 Å². The molecule has 4 nitrogen and oxygen atoms in total. The third-order valence-corrected chi connectivity index (χ3v) is 3.68. The molecule has 1 unspecified atom stereocenters. The number of hydrogen-bond donors (Lipinski definition) is 3. The van der Waals surface area contributed by atoms with Crippen molar-refractivity contribution in [3.05, 3.63) is 64.7 Å². The summed E-state index contributed by atoms with van der Waals surface area (Å²) in [6.45, 7) is 3.59. The molecule has 0 aliphatic rings. The first kappa shape index (κ1) is 17.5. The van der Waals surface area contributed by atoms with Crippen molar-refractivity contribution in [3.63, 3.8) is 0 Å². The molecule has 0 fully saturated rings. The number of aliphatic hydroxyl groups excluding tert-OH is 1. The van der Waals surface area contributed by atoms with Crippen LogP contribution < -0.4 is 10.6 Å². The van der Waals surface area contributed by atoms with E-state index in [0.717, 1.165) is 17.8 Å². The Morgan fingerprint density at radius 1 is 1.22 bits per heavy atom. The molecule has 1 amide bonds. The van der Waals surface area contributed by atoms with Crippen LogP contribution in [0, 0.1) is 5.92 Å². The predicted octanol–water partition coefficient (Wildman–Crippen LogP) is 3.31. The quantitative estimate of drug-likeness (QED) is 0.729. The molecule has 0 radical (unpaired) electrons. The zero-order valence-electron chi connectivity index (χ0n) is 13.1. The Morgan fingerprint density at radius 3 is 2.65 bits per heavy atom. The summed E-state index contributed by atoms with van der Waals surface area (Å²) in [5, 5.41) is 15.8. The highest BCUT2D eigenvalue weighted by molar-refractivity contribution is 6.30. The van der Waals surface area contributed by atoms with E-state index in [1.165, 1.54) is 0 Å². The summed E-state index contributed by atoms with van der Waals surface area (Å²) in [5.41, 5.74) is 2.39. The lowest BCUT2D eigenvalue weighted by atomic mass is 10.1. The summed E-state index contributed by atoms with van der Waals surface area (Å²) in [6.07, 6.45) is 0. The van der Waals surface area contributed by atoms with Gasteiger partial charge in [0, 0.05) is 36.0 Å². The highest BCUT2D eigenvalue weighted by atomic mass is 35.5. The van der Waals surface area contributed by atoms with Gasteiger partial charge >= 0.3 is 0 Å². The maximum atomic E-state index is 12.2. The molecule has 2 aromatic carbocycles. The number of rotatable bonds is 7. The number of benzene rings is 2. The maximum Gasteiger partial charge on any atom is 0.255 e. The minimum Gasteiger partial charge on any atom is -0.396 e. The van der Waals surface area contributed by atoms with Gasteiger partial charge in [-0.25, -0.2) is 0 Å². The molecule has 0 aliphatic carbocycles. The van der Waals surface area contributed by atoms with Gasteiger partial charge < -0.3 is 15.7 Å². The fourth-order valence-corrected chi connectivity index (χ4v) is 2.22. The van der Waals surface area contributed by atoms with Crippen LogP contribution in [0.2, 0.25) is 5.02 Å². The molecule has 122 valence electrons. The SMILES string of the molecule is CC(CO)CNCc1cccc(NC(=O)c2ccc(Cl)cc2)c1. The Bertz CT molecular complexity index is 644. The zero-order valence-corrected chi connectivity index (χ0v) is 13.8. The Hall–Kier alpha value is -1.88. The molecule has 0 spiro atoms. The van der Waals surface area contributed by atoms with Crippen molar-refractivity contribution in [1.82, 2.24) is 5.32 Å². The number of anilines is 1. The molecule has 3 N–H and O–H groups in total. The van der Waals surface area contributed by atoms with Crippen molar-refractivity contribution < 1.29 is 9.90 Å². The van der Waals surface area contributed by atoms with E-state index in [4.69, 9.17) is 16.7 Å². The molecule has 0 bridgehead atoms. The van der Waals surface area contributed by atoms with E-state index in [2.05, 4.69) is 10.6 Å². The Morgan fingerprint density at radius 2 is 1.96 bits per heavy atom. The molecule has 0 heterocycles. The molecule has 5 heteroatoms. The second-order valence-corrected chi connectivity index (χ2v) is 6.02. The van der Waals surface area contributed by atoms with Crippen LogP contribution in [-0.4, -0.2) is 24.2 Å². The van der Waals surface area contributed by atoms with Gasteiger partial charge in [-0.1, -0.05) is 30.7 Å². The predicted molar refractivity (Wildman–Crippen MR) is 93.8 cm³/mol. The molecule has 0 aliphatic heterocycles. The summed E-state index contributed by atoms with van der Waals surface area (Å²) >= 11 is 5.82. The second kappa shape index (κ2) is 8.67. The zero-order chi connectivity index (χ0) is 16.7. The van der Waals surface area contributed by atoms with Crippen LogP contribution in [0.15, 0.2) is 48.5 Å². The average molecular weight is 333 g/mol. The molecule has 1 atom stereocenters. The van der Waals surface area contributed by atoms with Gasteiger partial charge in [0.05, 0.1) is 0 Å². The van der Waals surface area contributed by atoms with Crippen LogP contribution in [0.25, 0.3) is 0 Å². The number of aliphatic hydroxyl groups is 1. The van der Waals surface area contributed by atoms with Crippen LogP contribution in [0.1, 0.15) is 22.8 Å². The normalized spacial score (nSPS) is 12.0. The van der Waals surface area contributed by atoms with Crippen molar-refractivity contribution in [2.75, 3.05) is 18.5 Å². The van der Waals surface area contributed by atoms with E-state index >= 15 is 0 Å². The number of carbonyl (C=O) groups excluding carboxylic acids is 1. The standard InChI is InChI=1S/C18H21ClN2O2/c1-13(12-22)10-20-11-14-3-2-4-17(9-14)21-18(23)15-5-7-16(19)8-6-15/h2-9,13,20,22H,10-12H2,1H3,(H,21,23). The highest BCUT2D eigenvalue weighted by Gasteiger charge is 2.06.